The number of rotatable bonds is 1. The average molecular weight is 205 g/mol. The van der Waals surface area contributed by atoms with E-state index in [-0.39, 0.29) is 23.5 Å². The zero-order valence-corrected chi connectivity index (χ0v) is 8.60. The standard InChI is InChI=1S/C8H12N2O2.ClH/c1-8(2,3)6-5(7(11)12)9-4-10-6;/h4H,1-3H3,(H,9,10)(H,11,12);1H. The molecule has 1 aromatic heterocycles. The Morgan fingerprint density at radius 2 is 2.08 bits per heavy atom. The van der Waals surface area contributed by atoms with Gasteiger partial charge in [0.1, 0.15) is 0 Å². The molecular formula is C8H13ClN2O2. The minimum atomic E-state index is -0.985. The molecule has 1 rings (SSSR count). The molecule has 74 valence electrons. The third-order valence-electron chi connectivity index (χ3n) is 1.59. The maximum atomic E-state index is 10.6. The fourth-order valence-corrected chi connectivity index (χ4v) is 1.03. The number of carboxylic acids is 1. The first kappa shape index (κ1) is 12.0. The second-order valence-electron chi connectivity index (χ2n) is 3.68. The van der Waals surface area contributed by atoms with Gasteiger partial charge < -0.3 is 10.1 Å². The molecule has 0 aliphatic rings. The molecule has 0 amide bonds. The predicted molar refractivity (Wildman–Crippen MR) is 51.5 cm³/mol. The fourth-order valence-electron chi connectivity index (χ4n) is 1.03. The quantitative estimate of drug-likeness (QED) is 0.734. The molecule has 1 aromatic rings. The maximum Gasteiger partial charge on any atom is 0.356 e. The van der Waals surface area contributed by atoms with E-state index < -0.39 is 5.97 Å². The first-order valence-electron chi connectivity index (χ1n) is 3.70. The SMILES string of the molecule is CC(C)(C)c1[nH]cnc1C(=O)O.Cl. The van der Waals surface area contributed by atoms with Crippen molar-refractivity contribution in [2.24, 2.45) is 0 Å². The Hall–Kier alpha value is -1.03. The molecule has 5 heteroatoms. The van der Waals surface area contributed by atoms with E-state index >= 15 is 0 Å². The van der Waals surface area contributed by atoms with Crippen LogP contribution in [0.3, 0.4) is 0 Å². The Balaban J connectivity index is 0.00000144. The molecule has 1 heterocycles. The Labute approximate surface area is 82.8 Å². The second kappa shape index (κ2) is 3.79. The number of carboxylic acid groups (broad SMARTS) is 1. The van der Waals surface area contributed by atoms with Gasteiger partial charge in [-0.15, -0.1) is 12.4 Å². The molecule has 0 unspecified atom stereocenters. The largest absolute Gasteiger partial charge is 0.476 e. The number of aromatic carboxylic acids is 1. The molecule has 0 saturated heterocycles. The summed E-state index contributed by atoms with van der Waals surface area (Å²) in [6, 6.07) is 0. The Kier molecular flexibility index (Phi) is 3.49. The van der Waals surface area contributed by atoms with Gasteiger partial charge in [0.05, 0.1) is 12.0 Å². The van der Waals surface area contributed by atoms with Crippen molar-refractivity contribution >= 4 is 18.4 Å². The molecule has 0 aliphatic carbocycles. The Morgan fingerprint density at radius 1 is 1.54 bits per heavy atom. The van der Waals surface area contributed by atoms with E-state index in [1.165, 1.54) is 6.33 Å². The van der Waals surface area contributed by atoms with Gasteiger partial charge in [-0.2, -0.15) is 0 Å². The zero-order chi connectivity index (χ0) is 9.35. The lowest BCUT2D eigenvalue weighted by Crippen LogP contribution is -2.16. The highest BCUT2D eigenvalue weighted by molar-refractivity contribution is 5.87. The molecule has 0 atom stereocenters. The normalized spacial score (nSPS) is 10.7. The van der Waals surface area contributed by atoms with Gasteiger partial charge in [0, 0.05) is 5.41 Å². The van der Waals surface area contributed by atoms with Crippen LogP contribution in [-0.4, -0.2) is 21.0 Å². The number of aromatic amines is 1. The number of nitrogens with zero attached hydrogens (tertiary/aromatic N) is 1. The van der Waals surface area contributed by atoms with Crippen molar-refractivity contribution < 1.29 is 9.90 Å². The number of halogens is 1. The highest BCUT2D eigenvalue weighted by atomic mass is 35.5. The van der Waals surface area contributed by atoms with Crippen LogP contribution in [0.15, 0.2) is 6.33 Å². The molecule has 0 radical (unpaired) electrons. The van der Waals surface area contributed by atoms with Crippen molar-refractivity contribution in [2.75, 3.05) is 0 Å². The summed E-state index contributed by atoms with van der Waals surface area (Å²) in [5, 5.41) is 8.74. The van der Waals surface area contributed by atoms with E-state index in [1.54, 1.807) is 0 Å². The van der Waals surface area contributed by atoms with Crippen LogP contribution in [0.5, 0.6) is 0 Å². The van der Waals surface area contributed by atoms with Crippen LogP contribution >= 0.6 is 12.4 Å². The lowest BCUT2D eigenvalue weighted by Gasteiger charge is -2.16. The summed E-state index contributed by atoms with van der Waals surface area (Å²) >= 11 is 0. The number of aromatic nitrogens is 2. The summed E-state index contributed by atoms with van der Waals surface area (Å²) in [5.41, 5.74) is 0.571. The summed E-state index contributed by atoms with van der Waals surface area (Å²) in [7, 11) is 0. The third-order valence-corrected chi connectivity index (χ3v) is 1.59. The van der Waals surface area contributed by atoms with Crippen molar-refractivity contribution in [3.63, 3.8) is 0 Å². The summed E-state index contributed by atoms with van der Waals surface area (Å²) in [6.45, 7) is 5.81. The highest BCUT2D eigenvalue weighted by Gasteiger charge is 2.23. The van der Waals surface area contributed by atoms with Gasteiger partial charge in [-0.3, -0.25) is 0 Å². The molecule has 0 spiro atoms. The molecule has 0 aliphatic heterocycles. The van der Waals surface area contributed by atoms with Crippen molar-refractivity contribution in [2.45, 2.75) is 26.2 Å². The molecule has 4 nitrogen and oxygen atoms in total. The third kappa shape index (κ3) is 2.45. The van der Waals surface area contributed by atoms with Crippen molar-refractivity contribution in [1.82, 2.24) is 9.97 Å². The van der Waals surface area contributed by atoms with Crippen LogP contribution in [0.25, 0.3) is 0 Å². The summed E-state index contributed by atoms with van der Waals surface area (Å²) < 4.78 is 0. The van der Waals surface area contributed by atoms with Crippen LogP contribution in [0.1, 0.15) is 37.0 Å². The van der Waals surface area contributed by atoms with Crippen LogP contribution < -0.4 is 0 Å². The van der Waals surface area contributed by atoms with Crippen molar-refractivity contribution in [1.29, 1.82) is 0 Å². The van der Waals surface area contributed by atoms with Gasteiger partial charge in [0.15, 0.2) is 5.69 Å². The second-order valence-corrected chi connectivity index (χ2v) is 3.68. The topological polar surface area (TPSA) is 66.0 Å². The number of hydrogen-bond donors (Lipinski definition) is 2. The minimum Gasteiger partial charge on any atom is -0.476 e. The number of carbonyl (C=O) groups is 1. The zero-order valence-electron chi connectivity index (χ0n) is 7.79. The highest BCUT2D eigenvalue weighted by Crippen LogP contribution is 2.22. The molecule has 13 heavy (non-hydrogen) atoms. The van der Waals surface area contributed by atoms with E-state index in [4.69, 9.17) is 5.11 Å². The smallest absolute Gasteiger partial charge is 0.356 e. The number of H-pyrrole nitrogens is 1. The van der Waals surface area contributed by atoms with Crippen molar-refractivity contribution in [3.8, 4) is 0 Å². The predicted octanol–water partition coefficient (Wildman–Crippen LogP) is 1.83. The summed E-state index contributed by atoms with van der Waals surface area (Å²) in [5.74, 6) is -0.985. The maximum absolute atomic E-state index is 10.6. The monoisotopic (exact) mass is 204 g/mol. The van der Waals surface area contributed by atoms with E-state index in [1.807, 2.05) is 20.8 Å². The van der Waals surface area contributed by atoms with Gasteiger partial charge in [-0.25, -0.2) is 9.78 Å². The molecule has 2 N–H and O–H groups in total. The minimum absolute atomic E-state index is 0. The number of nitrogens with one attached hydrogen (secondary N) is 1. The molecule has 0 bridgehead atoms. The molecular weight excluding hydrogens is 192 g/mol. The average Bonchev–Trinajstić information content (AvgIpc) is 2.30. The van der Waals surface area contributed by atoms with Gasteiger partial charge in [0.25, 0.3) is 0 Å². The van der Waals surface area contributed by atoms with Crippen LogP contribution in [-0.2, 0) is 5.41 Å². The molecule has 0 saturated carbocycles. The van der Waals surface area contributed by atoms with Crippen LogP contribution in [0.2, 0.25) is 0 Å². The summed E-state index contributed by atoms with van der Waals surface area (Å²) in [6.07, 6.45) is 1.41. The molecule has 0 fully saturated rings. The van der Waals surface area contributed by atoms with Gasteiger partial charge in [-0.05, 0) is 0 Å². The Morgan fingerprint density at radius 3 is 2.38 bits per heavy atom. The first-order valence-corrected chi connectivity index (χ1v) is 3.70. The Bertz CT molecular complexity index is 301. The summed E-state index contributed by atoms with van der Waals surface area (Å²) in [4.78, 5) is 17.2. The fraction of sp³-hybridized carbons (Fsp3) is 0.500. The van der Waals surface area contributed by atoms with Gasteiger partial charge >= 0.3 is 5.97 Å². The lowest BCUT2D eigenvalue weighted by atomic mass is 9.91. The van der Waals surface area contributed by atoms with Gasteiger partial charge in [-0.1, -0.05) is 20.8 Å². The van der Waals surface area contributed by atoms with E-state index in [0.29, 0.717) is 5.69 Å². The van der Waals surface area contributed by atoms with E-state index in [2.05, 4.69) is 9.97 Å². The van der Waals surface area contributed by atoms with Crippen molar-refractivity contribution in [3.05, 3.63) is 17.7 Å². The van der Waals surface area contributed by atoms with E-state index in [0.717, 1.165) is 0 Å². The van der Waals surface area contributed by atoms with Crippen LogP contribution in [0, 0.1) is 0 Å². The van der Waals surface area contributed by atoms with E-state index in [9.17, 15) is 4.79 Å². The first-order chi connectivity index (χ1) is 5.43. The number of imidazole rings is 1. The number of hydrogen-bond acceptors (Lipinski definition) is 2. The van der Waals surface area contributed by atoms with Gasteiger partial charge in [0.2, 0.25) is 0 Å². The van der Waals surface area contributed by atoms with Crippen LogP contribution in [0.4, 0.5) is 0 Å². The lowest BCUT2D eigenvalue weighted by molar-refractivity contribution is 0.0688. The molecule has 0 aromatic carbocycles.